The normalized spacial score (nSPS) is 16.7. The van der Waals surface area contributed by atoms with Crippen molar-refractivity contribution in [3.8, 4) is 6.07 Å². The van der Waals surface area contributed by atoms with Crippen molar-refractivity contribution < 1.29 is 23.1 Å². The number of halogens is 2. The fraction of sp³-hybridized carbons (Fsp3) is 0.529. The number of imidazole rings is 1. The molecule has 12 heteroatoms. The lowest BCUT2D eigenvalue weighted by atomic mass is 9.88. The molecule has 0 bridgehead atoms. The van der Waals surface area contributed by atoms with E-state index in [2.05, 4.69) is 38.3 Å². The fourth-order valence-electron chi connectivity index (χ4n) is 5.40. The van der Waals surface area contributed by atoms with E-state index in [1.165, 1.54) is 12.1 Å². The van der Waals surface area contributed by atoms with Gasteiger partial charge in [0.25, 0.3) is 18.2 Å². The van der Waals surface area contributed by atoms with Gasteiger partial charge in [0.2, 0.25) is 5.95 Å². The number of nitriles is 1. The van der Waals surface area contributed by atoms with Crippen molar-refractivity contribution in [2.75, 3.05) is 25.0 Å². The Kier molecular flexibility index (Phi) is 11.0. The summed E-state index contributed by atoms with van der Waals surface area (Å²) in [6.07, 6.45) is -0.386. The molecular formula is C34H44F2N6O3S. The monoisotopic (exact) mass is 654 g/mol. The maximum absolute atomic E-state index is 13.3. The molecule has 2 amide bonds. The third kappa shape index (κ3) is 8.57. The van der Waals surface area contributed by atoms with Crippen LogP contribution in [0.3, 0.4) is 0 Å². The Hall–Kier alpha value is -3.66. The number of hydrogen-bond acceptors (Lipinski definition) is 7. The first-order valence-electron chi connectivity index (χ1n) is 15.6. The number of likely N-dealkylation sites (tertiary alicyclic amines) is 1. The van der Waals surface area contributed by atoms with E-state index in [1.54, 1.807) is 11.0 Å². The Morgan fingerprint density at radius 3 is 2.59 bits per heavy atom. The van der Waals surface area contributed by atoms with E-state index >= 15 is 0 Å². The third-order valence-electron chi connectivity index (χ3n) is 8.39. The maximum atomic E-state index is 13.3. The van der Waals surface area contributed by atoms with E-state index in [4.69, 9.17) is 9.72 Å². The van der Waals surface area contributed by atoms with Crippen LogP contribution in [0.5, 0.6) is 0 Å². The van der Waals surface area contributed by atoms with Crippen LogP contribution in [0.4, 0.5) is 14.7 Å². The summed E-state index contributed by atoms with van der Waals surface area (Å²) in [4.78, 5) is 32.9. The summed E-state index contributed by atoms with van der Waals surface area (Å²) in [5.74, 6) is -0.520. The molecule has 2 atom stereocenters. The zero-order valence-electron chi connectivity index (χ0n) is 27.6. The second kappa shape index (κ2) is 14.4. The van der Waals surface area contributed by atoms with E-state index in [1.807, 2.05) is 49.6 Å². The van der Waals surface area contributed by atoms with Crippen LogP contribution in [0.1, 0.15) is 81.4 Å². The maximum Gasteiger partial charge on any atom is 0.272 e. The molecule has 2 aromatic heterocycles. The van der Waals surface area contributed by atoms with E-state index in [0.717, 1.165) is 22.4 Å². The van der Waals surface area contributed by atoms with Crippen LogP contribution in [-0.4, -0.2) is 57.6 Å². The Morgan fingerprint density at radius 1 is 1.22 bits per heavy atom. The number of carbonyl (C=O) groups excluding carboxylic acids is 2. The molecule has 9 nitrogen and oxygen atoms in total. The molecule has 0 radical (unpaired) electrons. The first-order chi connectivity index (χ1) is 21.6. The van der Waals surface area contributed by atoms with Gasteiger partial charge < -0.3 is 19.5 Å². The van der Waals surface area contributed by atoms with Crippen molar-refractivity contribution in [3.05, 3.63) is 57.3 Å². The predicted octanol–water partition coefficient (Wildman–Crippen LogP) is 6.93. The molecule has 0 unspecified atom stereocenters. The fourth-order valence-corrected chi connectivity index (χ4v) is 6.15. The molecule has 3 heterocycles. The predicted molar refractivity (Wildman–Crippen MR) is 177 cm³/mol. The van der Waals surface area contributed by atoms with Crippen LogP contribution in [-0.2, 0) is 22.6 Å². The lowest BCUT2D eigenvalue weighted by Gasteiger charge is -2.28. The molecule has 0 spiro atoms. The summed E-state index contributed by atoms with van der Waals surface area (Å²) in [7, 11) is 0. The van der Waals surface area contributed by atoms with Gasteiger partial charge in [0, 0.05) is 38.8 Å². The second-order valence-electron chi connectivity index (χ2n) is 13.4. The highest BCUT2D eigenvalue weighted by molar-refractivity contribution is 7.14. The summed E-state index contributed by atoms with van der Waals surface area (Å²) < 4.78 is 34.0. The molecule has 1 aliphatic rings. The van der Waals surface area contributed by atoms with Gasteiger partial charge in [-0.2, -0.15) is 5.26 Å². The smallest absolute Gasteiger partial charge is 0.272 e. The lowest BCUT2D eigenvalue weighted by Crippen LogP contribution is -2.37. The number of aromatic nitrogens is 2. The standard InChI is InChI=1S/C34H44F2N6O3S/c1-8-45-34(6,7)16-24(17-37)31(44)41-14-13-23(19-41)20-42-26-10-9-22(18-38-21(2)33(3,4)5)15-25(26)39-32(42)40-30(43)28-12-11-27(46-28)29(35)36/h9-12,15-16,21,23,29,38H,8,13-14,18-20H2,1-7H3,(H,39,40,43)/t21-,23+/m0/s1. The molecule has 1 aliphatic heterocycles. The van der Waals surface area contributed by atoms with Crippen LogP contribution in [0.2, 0.25) is 0 Å². The minimum Gasteiger partial charge on any atom is -0.372 e. The summed E-state index contributed by atoms with van der Waals surface area (Å²) >= 11 is 0.751. The molecule has 248 valence electrons. The van der Waals surface area contributed by atoms with Gasteiger partial charge in [-0.15, -0.1) is 11.3 Å². The van der Waals surface area contributed by atoms with E-state index in [-0.39, 0.29) is 38.6 Å². The van der Waals surface area contributed by atoms with Crippen molar-refractivity contribution in [2.45, 2.75) is 86.0 Å². The number of alkyl halides is 2. The molecule has 3 aromatic rings. The highest BCUT2D eigenvalue weighted by Gasteiger charge is 2.31. The van der Waals surface area contributed by atoms with Crippen LogP contribution >= 0.6 is 11.3 Å². The number of fused-ring (bicyclic) bond motifs is 1. The van der Waals surface area contributed by atoms with Crippen LogP contribution in [0, 0.1) is 22.7 Å². The van der Waals surface area contributed by atoms with Crippen LogP contribution in [0.15, 0.2) is 42.0 Å². The summed E-state index contributed by atoms with van der Waals surface area (Å²) in [5.41, 5.74) is 1.92. The van der Waals surface area contributed by atoms with Crippen molar-refractivity contribution in [3.63, 3.8) is 0 Å². The van der Waals surface area contributed by atoms with Gasteiger partial charge in [-0.25, -0.2) is 13.8 Å². The molecule has 4 rings (SSSR count). The van der Waals surface area contributed by atoms with Crippen LogP contribution in [0.25, 0.3) is 11.0 Å². The van der Waals surface area contributed by atoms with Gasteiger partial charge in [-0.05, 0) is 81.4 Å². The first kappa shape index (κ1) is 35.2. The summed E-state index contributed by atoms with van der Waals surface area (Å²) in [5, 5.41) is 16.1. The number of nitrogens with zero attached hydrogens (tertiary/aromatic N) is 4. The molecule has 1 fully saturated rings. The average molecular weight is 655 g/mol. The van der Waals surface area contributed by atoms with Crippen molar-refractivity contribution in [2.24, 2.45) is 11.3 Å². The minimum absolute atomic E-state index is 0.0259. The average Bonchev–Trinajstić information content (AvgIpc) is 3.73. The highest BCUT2D eigenvalue weighted by atomic mass is 32.1. The molecule has 46 heavy (non-hydrogen) atoms. The largest absolute Gasteiger partial charge is 0.372 e. The topological polar surface area (TPSA) is 112 Å². The van der Waals surface area contributed by atoms with Gasteiger partial charge in [0.15, 0.2) is 0 Å². The quantitative estimate of drug-likeness (QED) is 0.162. The van der Waals surface area contributed by atoms with Gasteiger partial charge in [-0.3, -0.25) is 14.9 Å². The molecule has 1 aromatic carbocycles. The van der Waals surface area contributed by atoms with Gasteiger partial charge in [-0.1, -0.05) is 26.8 Å². The van der Waals surface area contributed by atoms with Gasteiger partial charge >= 0.3 is 0 Å². The number of nitrogens with one attached hydrogen (secondary N) is 2. The number of hydrogen-bond donors (Lipinski definition) is 2. The summed E-state index contributed by atoms with van der Waals surface area (Å²) in [6, 6.07) is 10.9. The van der Waals surface area contributed by atoms with E-state index in [9.17, 15) is 23.6 Å². The number of ether oxygens (including phenoxy) is 1. The van der Waals surface area contributed by atoms with Crippen molar-refractivity contribution >= 4 is 40.1 Å². The van der Waals surface area contributed by atoms with Crippen molar-refractivity contribution in [1.29, 1.82) is 5.26 Å². The lowest BCUT2D eigenvalue weighted by molar-refractivity contribution is -0.126. The number of rotatable bonds is 12. The third-order valence-corrected chi connectivity index (χ3v) is 9.48. The van der Waals surface area contributed by atoms with E-state index < -0.39 is 17.9 Å². The zero-order chi connectivity index (χ0) is 33.8. The highest BCUT2D eigenvalue weighted by Crippen LogP contribution is 2.30. The summed E-state index contributed by atoms with van der Waals surface area (Å²) in [6.45, 7) is 16.6. The molecule has 0 aliphatic carbocycles. The second-order valence-corrected chi connectivity index (χ2v) is 14.5. The first-order valence-corrected chi connectivity index (χ1v) is 16.4. The number of anilines is 1. The molecule has 2 N–H and O–H groups in total. The number of carbonyl (C=O) groups is 2. The Bertz CT molecular complexity index is 1630. The zero-order valence-corrected chi connectivity index (χ0v) is 28.4. The molecular weight excluding hydrogens is 610 g/mol. The molecule has 0 saturated carbocycles. The van der Waals surface area contributed by atoms with Gasteiger partial charge in [0.05, 0.1) is 26.4 Å². The number of amides is 2. The van der Waals surface area contributed by atoms with Crippen LogP contribution < -0.4 is 10.6 Å². The Morgan fingerprint density at radius 2 is 1.96 bits per heavy atom. The minimum atomic E-state index is -2.65. The number of thiophene rings is 1. The SMILES string of the molecule is CCOC(C)(C)C=C(C#N)C(=O)N1CC[C@@H](Cn2c(NC(=O)c3ccc(C(F)F)s3)nc3cc(CN[C@@H](C)C(C)(C)C)ccc32)C1. The Balaban J connectivity index is 1.58. The van der Waals surface area contributed by atoms with Gasteiger partial charge in [0.1, 0.15) is 11.6 Å². The Labute approximate surface area is 273 Å². The number of benzene rings is 1. The molecule has 1 saturated heterocycles. The van der Waals surface area contributed by atoms with E-state index in [0.29, 0.717) is 50.7 Å². The van der Waals surface area contributed by atoms with Crippen molar-refractivity contribution in [1.82, 2.24) is 19.8 Å².